The second-order valence-corrected chi connectivity index (χ2v) is 7.19. The molecule has 1 atom stereocenters. The summed E-state index contributed by atoms with van der Waals surface area (Å²) in [7, 11) is 0. The molecule has 1 aromatic heterocycles. The highest BCUT2D eigenvalue weighted by Gasteiger charge is 2.27. The first kappa shape index (κ1) is 17.2. The number of carbonyl (C=O) groups excluding carboxylic acids is 1. The molecular formula is C19H30N4O. The molecular weight excluding hydrogens is 300 g/mol. The van der Waals surface area contributed by atoms with E-state index < -0.39 is 0 Å². The first-order chi connectivity index (χ1) is 11.8. The largest absolute Gasteiger partial charge is 0.366 e. The van der Waals surface area contributed by atoms with Gasteiger partial charge in [0.05, 0.1) is 0 Å². The Balaban J connectivity index is 1.61. The Hall–Kier alpha value is -1.65. The number of likely N-dealkylation sites (tertiary alicyclic amines) is 1. The van der Waals surface area contributed by atoms with Gasteiger partial charge in [-0.3, -0.25) is 4.79 Å². The molecule has 24 heavy (non-hydrogen) atoms. The van der Waals surface area contributed by atoms with Crippen LogP contribution in [0.2, 0.25) is 0 Å². The zero-order chi connectivity index (χ0) is 16.8. The summed E-state index contributed by atoms with van der Waals surface area (Å²) >= 11 is 0. The van der Waals surface area contributed by atoms with Gasteiger partial charge < -0.3 is 10.2 Å². The van der Waals surface area contributed by atoms with Crippen LogP contribution in [0.1, 0.15) is 81.6 Å². The summed E-state index contributed by atoms with van der Waals surface area (Å²) in [5.74, 6) is 0.833. The van der Waals surface area contributed by atoms with Gasteiger partial charge in [0.15, 0.2) is 5.69 Å². The van der Waals surface area contributed by atoms with E-state index in [0.29, 0.717) is 17.8 Å². The zero-order valence-electron chi connectivity index (χ0n) is 14.8. The molecule has 5 nitrogen and oxygen atoms in total. The third-order valence-electron chi connectivity index (χ3n) is 5.45. The third-order valence-corrected chi connectivity index (χ3v) is 5.45. The second kappa shape index (κ2) is 8.45. The van der Waals surface area contributed by atoms with Crippen molar-refractivity contribution >= 4 is 11.7 Å². The molecule has 0 bridgehead atoms. The Bertz CT molecular complexity index is 523. The van der Waals surface area contributed by atoms with E-state index in [2.05, 4.69) is 22.4 Å². The topological polar surface area (TPSA) is 58.1 Å². The van der Waals surface area contributed by atoms with Gasteiger partial charge >= 0.3 is 0 Å². The Morgan fingerprint density at radius 3 is 2.50 bits per heavy atom. The molecule has 1 unspecified atom stereocenters. The van der Waals surface area contributed by atoms with Crippen molar-refractivity contribution in [2.45, 2.75) is 83.2 Å². The van der Waals surface area contributed by atoms with Crippen LogP contribution < -0.4 is 5.32 Å². The molecule has 3 rings (SSSR count). The summed E-state index contributed by atoms with van der Waals surface area (Å²) in [4.78, 5) is 14.7. The summed E-state index contributed by atoms with van der Waals surface area (Å²) < 4.78 is 0. The highest BCUT2D eigenvalue weighted by molar-refractivity contribution is 5.92. The molecule has 1 aliphatic heterocycles. The van der Waals surface area contributed by atoms with Crippen molar-refractivity contribution in [2.75, 3.05) is 11.9 Å². The first-order valence-corrected chi connectivity index (χ1v) is 9.69. The Morgan fingerprint density at radius 2 is 1.83 bits per heavy atom. The number of hydrogen-bond acceptors (Lipinski definition) is 4. The number of rotatable bonds is 4. The number of aromatic nitrogens is 2. The van der Waals surface area contributed by atoms with Crippen LogP contribution in [0.4, 0.5) is 5.82 Å². The fourth-order valence-corrected chi connectivity index (χ4v) is 4.00. The Kier molecular flexibility index (Phi) is 6.05. The standard InChI is InChI=1S/C19H30N4O/c1-2-16-11-7-8-14-23(16)19(24)17-12-13-18(22-21-17)20-15-9-5-3-4-6-10-15/h12-13,15-16H,2-11,14H2,1H3,(H,20,22). The van der Waals surface area contributed by atoms with E-state index in [1.54, 1.807) is 0 Å². The molecule has 0 radical (unpaired) electrons. The van der Waals surface area contributed by atoms with Crippen LogP contribution in [0, 0.1) is 0 Å². The van der Waals surface area contributed by atoms with Crippen molar-refractivity contribution in [1.29, 1.82) is 0 Å². The number of piperidine rings is 1. The monoisotopic (exact) mass is 330 g/mol. The molecule has 2 heterocycles. The smallest absolute Gasteiger partial charge is 0.274 e. The average Bonchev–Trinajstić information content (AvgIpc) is 2.90. The highest BCUT2D eigenvalue weighted by atomic mass is 16.2. The van der Waals surface area contributed by atoms with Crippen LogP contribution >= 0.6 is 0 Å². The Labute approximate surface area is 145 Å². The minimum atomic E-state index is 0.0371. The molecule has 1 aromatic rings. The minimum absolute atomic E-state index is 0.0371. The van der Waals surface area contributed by atoms with Crippen molar-refractivity contribution in [1.82, 2.24) is 15.1 Å². The van der Waals surface area contributed by atoms with Crippen LogP contribution in [0.3, 0.4) is 0 Å². The van der Waals surface area contributed by atoms with Crippen molar-refractivity contribution in [3.63, 3.8) is 0 Å². The third kappa shape index (κ3) is 4.25. The van der Waals surface area contributed by atoms with Gasteiger partial charge in [-0.05, 0) is 50.7 Å². The van der Waals surface area contributed by atoms with Crippen molar-refractivity contribution in [3.8, 4) is 0 Å². The molecule has 132 valence electrons. The lowest BCUT2D eigenvalue weighted by Gasteiger charge is -2.34. The maximum absolute atomic E-state index is 12.7. The average molecular weight is 330 g/mol. The second-order valence-electron chi connectivity index (χ2n) is 7.19. The summed E-state index contributed by atoms with van der Waals surface area (Å²) in [5.41, 5.74) is 0.474. The predicted molar refractivity (Wildman–Crippen MR) is 96.1 cm³/mol. The molecule has 1 amide bonds. The SMILES string of the molecule is CCC1CCCCN1C(=O)c1ccc(NC2CCCCCC2)nn1. The maximum atomic E-state index is 12.7. The molecule has 0 spiro atoms. The highest BCUT2D eigenvalue weighted by Crippen LogP contribution is 2.22. The number of nitrogens with one attached hydrogen (secondary N) is 1. The Morgan fingerprint density at radius 1 is 1.08 bits per heavy atom. The molecule has 2 fully saturated rings. The number of nitrogens with zero attached hydrogens (tertiary/aromatic N) is 3. The molecule has 1 saturated heterocycles. The van der Waals surface area contributed by atoms with Gasteiger partial charge in [-0.25, -0.2) is 0 Å². The van der Waals surface area contributed by atoms with Crippen LogP contribution in [0.25, 0.3) is 0 Å². The van der Waals surface area contributed by atoms with Crippen molar-refractivity contribution < 1.29 is 4.79 Å². The molecule has 1 saturated carbocycles. The summed E-state index contributed by atoms with van der Waals surface area (Å²) in [6, 6.07) is 4.60. The van der Waals surface area contributed by atoms with Gasteiger partial charge in [0.1, 0.15) is 5.82 Å². The fraction of sp³-hybridized carbons (Fsp3) is 0.737. The van der Waals surface area contributed by atoms with Crippen LogP contribution in [0.5, 0.6) is 0 Å². The molecule has 1 N–H and O–H groups in total. The lowest BCUT2D eigenvalue weighted by Crippen LogP contribution is -2.43. The minimum Gasteiger partial charge on any atom is -0.366 e. The van der Waals surface area contributed by atoms with Crippen LogP contribution in [0.15, 0.2) is 12.1 Å². The summed E-state index contributed by atoms with van der Waals surface area (Å²) in [6.45, 7) is 3.00. The first-order valence-electron chi connectivity index (χ1n) is 9.69. The van der Waals surface area contributed by atoms with E-state index >= 15 is 0 Å². The van der Waals surface area contributed by atoms with E-state index in [1.165, 1.54) is 44.9 Å². The molecule has 2 aliphatic rings. The molecule has 1 aliphatic carbocycles. The lowest BCUT2D eigenvalue weighted by molar-refractivity contribution is 0.0601. The van der Waals surface area contributed by atoms with Gasteiger partial charge in [0.25, 0.3) is 5.91 Å². The maximum Gasteiger partial charge on any atom is 0.274 e. The number of carbonyl (C=O) groups is 1. The molecule has 5 heteroatoms. The predicted octanol–water partition coefficient (Wildman–Crippen LogP) is 4.02. The van der Waals surface area contributed by atoms with Gasteiger partial charge in [0, 0.05) is 18.6 Å². The van der Waals surface area contributed by atoms with E-state index in [1.807, 2.05) is 17.0 Å². The van der Waals surface area contributed by atoms with E-state index in [4.69, 9.17) is 0 Å². The fourth-order valence-electron chi connectivity index (χ4n) is 4.00. The number of amides is 1. The van der Waals surface area contributed by atoms with E-state index in [-0.39, 0.29) is 5.91 Å². The summed E-state index contributed by atoms with van der Waals surface area (Å²) in [6.07, 6.45) is 12.1. The van der Waals surface area contributed by atoms with E-state index in [0.717, 1.165) is 31.6 Å². The normalized spacial score (nSPS) is 22.9. The summed E-state index contributed by atoms with van der Waals surface area (Å²) in [5, 5.41) is 12.0. The number of anilines is 1. The van der Waals surface area contributed by atoms with Gasteiger partial charge in [-0.15, -0.1) is 10.2 Å². The lowest BCUT2D eigenvalue weighted by atomic mass is 9.99. The van der Waals surface area contributed by atoms with Gasteiger partial charge in [0.2, 0.25) is 0 Å². The van der Waals surface area contributed by atoms with Crippen LogP contribution in [-0.2, 0) is 0 Å². The number of hydrogen-bond donors (Lipinski definition) is 1. The van der Waals surface area contributed by atoms with Crippen molar-refractivity contribution in [2.24, 2.45) is 0 Å². The zero-order valence-corrected chi connectivity index (χ0v) is 14.8. The van der Waals surface area contributed by atoms with Gasteiger partial charge in [-0.2, -0.15) is 0 Å². The van der Waals surface area contributed by atoms with Crippen LogP contribution in [-0.4, -0.2) is 39.6 Å². The molecule has 0 aromatic carbocycles. The quantitative estimate of drug-likeness (QED) is 0.847. The van der Waals surface area contributed by atoms with Crippen molar-refractivity contribution in [3.05, 3.63) is 17.8 Å². The van der Waals surface area contributed by atoms with Gasteiger partial charge in [-0.1, -0.05) is 32.6 Å². The van der Waals surface area contributed by atoms with E-state index in [9.17, 15) is 4.79 Å².